The molecule has 2 nitrogen and oxygen atoms in total. The van der Waals surface area contributed by atoms with E-state index in [4.69, 9.17) is 0 Å². The zero-order valence-corrected chi connectivity index (χ0v) is 11.5. The van der Waals surface area contributed by atoms with E-state index < -0.39 is 0 Å². The Morgan fingerprint density at radius 1 is 1.00 bits per heavy atom. The van der Waals surface area contributed by atoms with Gasteiger partial charge >= 0.3 is 0 Å². The van der Waals surface area contributed by atoms with Crippen molar-refractivity contribution in [3.8, 4) is 11.3 Å². The van der Waals surface area contributed by atoms with Crippen LogP contribution in [0.4, 0.5) is 5.69 Å². The van der Waals surface area contributed by atoms with Gasteiger partial charge in [0.25, 0.3) is 0 Å². The molecule has 0 spiro atoms. The van der Waals surface area contributed by atoms with Crippen molar-refractivity contribution >= 4 is 16.6 Å². The second-order valence-electron chi connectivity index (χ2n) is 4.95. The molecule has 2 N–H and O–H groups in total. The summed E-state index contributed by atoms with van der Waals surface area (Å²) in [4.78, 5) is 3.54. The lowest BCUT2D eigenvalue weighted by molar-refractivity contribution is 1.36. The Hall–Kier alpha value is -2.22. The van der Waals surface area contributed by atoms with E-state index in [9.17, 15) is 0 Å². The lowest BCUT2D eigenvalue weighted by Gasteiger charge is -2.04. The van der Waals surface area contributed by atoms with Crippen LogP contribution in [0.1, 0.15) is 11.1 Å². The number of hydrogen-bond donors (Lipinski definition) is 2. The average molecular weight is 250 g/mol. The lowest BCUT2D eigenvalue weighted by atomic mass is 10.0. The lowest BCUT2D eigenvalue weighted by Crippen LogP contribution is -1.86. The Kier molecular flexibility index (Phi) is 2.79. The molecule has 0 radical (unpaired) electrons. The monoisotopic (exact) mass is 250 g/mol. The molecule has 1 heterocycles. The second-order valence-corrected chi connectivity index (χ2v) is 4.95. The standard InChI is InChI=1S/C17H18N2/c1-11-6-4-5-7-14(11)17-12(2)15-10-13(18-3)8-9-16(15)19-17/h4-10,18-19H,1-3H3. The highest BCUT2D eigenvalue weighted by Gasteiger charge is 2.11. The topological polar surface area (TPSA) is 27.8 Å². The molecule has 0 aliphatic rings. The number of fused-ring (bicyclic) bond motifs is 1. The van der Waals surface area contributed by atoms with Crippen molar-refractivity contribution in [2.45, 2.75) is 13.8 Å². The number of aryl methyl sites for hydroxylation is 2. The number of hydrogen-bond acceptors (Lipinski definition) is 1. The van der Waals surface area contributed by atoms with Crippen molar-refractivity contribution in [3.63, 3.8) is 0 Å². The summed E-state index contributed by atoms with van der Waals surface area (Å²) in [7, 11) is 1.95. The van der Waals surface area contributed by atoms with Crippen LogP contribution in [-0.4, -0.2) is 12.0 Å². The van der Waals surface area contributed by atoms with Crippen molar-refractivity contribution in [1.29, 1.82) is 0 Å². The van der Waals surface area contributed by atoms with E-state index in [1.807, 2.05) is 7.05 Å². The fourth-order valence-corrected chi connectivity index (χ4v) is 2.60. The molecule has 19 heavy (non-hydrogen) atoms. The van der Waals surface area contributed by atoms with Crippen LogP contribution in [0.15, 0.2) is 42.5 Å². The first-order valence-corrected chi connectivity index (χ1v) is 6.57. The number of nitrogens with one attached hydrogen (secondary N) is 2. The highest BCUT2D eigenvalue weighted by molar-refractivity contribution is 5.93. The number of H-pyrrole nitrogens is 1. The van der Waals surface area contributed by atoms with Crippen LogP contribution in [0.3, 0.4) is 0 Å². The molecule has 1 aromatic heterocycles. The van der Waals surface area contributed by atoms with E-state index in [1.165, 1.54) is 33.3 Å². The van der Waals surface area contributed by atoms with Gasteiger partial charge in [0.05, 0.1) is 0 Å². The highest BCUT2D eigenvalue weighted by atomic mass is 14.8. The SMILES string of the molecule is CNc1ccc2[nH]c(-c3ccccc3C)c(C)c2c1. The number of rotatable bonds is 2. The van der Waals surface area contributed by atoms with Gasteiger partial charge < -0.3 is 10.3 Å². The minimum absolute atomic E-state index is 1.14. The summed E-state index contributed by atoms with van der Waals surface area (Å²) < 4.78 is 0. The van der Waals surface area contributed by atoms with E-state index in [1.54, 1.807) is 0 Å². The molecule has 3 aromatic rings. The van der Waals surface area contributed by atoms with Crippen LogP contribution in [0.5, 0.6) is 0 Å². The number of benzene rings is 2. The molecule has 0 atom stereocenters. The van der Waals surface area contributed by atoms with Gasteiger partial charge in [0.1, 0.15) is 0 Å². The van der Waals surface area contributed by atoms with Crippen molar-refractivity contribution in [2.24, 2.45) is 0 Å². The van der Waals surface area contributed by atoms with Crippen LogP contribution in [0.2, 0.25) is 0 Å². The first-order valence-electron chi connectivity index (χ1n) is 6.57. The van der Waals surface area contributed by atoms with Crippen molar-refractivity contribution in [2.75, 3.05) is 12.4 Å². The van der Waals surface area contributed by atoms with E-state index in [0.29, 0.717) is 0 Å². The van der Waals surface area contributed by atoms with Crippen molar-refractivity contribution in [3.05, 3.63) is 53.6 Å². The molecule has 0 bridgehead atoms. The summed E-state index contributed by atoms with van der Waals surface area (Å²) in [5, 5.41) is 4.48. The van der Waals surface area contributed by atoms with Gasteiger partial charge in [-0.15, -0.1) is 0 Å². The summed E-state index contributed by atoms with van der Waals surface area (Å²) in [6.45, 7) is 4.33. The third kappa shape index (κ3) is 1.89. The van der Waals surface area contributed by atoms with Gasteiger partial charge in [0, 0.05) is 34.9 Å². The zero-order chi connectivity index (χ0) is 13.4. The van der Waals surface area contributed by atoms with Gasteiger partial charge in [-0.25, -0.2) is 0 Å². The smallest absolute Gasteiger partial charge is 0.0497 e. The summed E-state index contributed by atoms with van der Waals surface area (Å²) in [6.07, 6.45) is 0. The second kappa shape index (κ2) is 4.47. The van der Waals surface area contributed by atoms with Crippen LogP contribution < -0.4 is 5.32 Å². The van der Waals surface area contributed by atoms with Crippen LogP contribution in [-0.2, 0) is 0 Å². The van der Waals surface area contributed by atoms with Gasteiger partial charge in [-0.05, 0) is 43.2 Å². The van der Waals surface area contributed by atoms with Crippen LogP contribution in [0, 0.1) is 13.8 Å². The Morgan fingerprint density at radius 3 is 2.53 bits per heavy atom. The molecule has 2 heteroatoms. The third-order valence-corrected chi connectivity index (χ3v) is 3.76. The molecule has 3 rings (SSSR count). The maximum Gasteiger partial charge on any atom is 0.0497 e. The minimum Gasteiger partial charge on any atom is -0.388 e. The molecule has 0 amide bonds. The molecular formula is C17H18N2. The molecule has 0 fully saturated rings. The molecule has 0 saturated heterocycles. The number of aromatic amines is 1. The molecule has 0 aliphatic carbocycles. The number of anilines is 1. The van der Waals surface area contributed by atoms with Gasteiger partial charge in [-0.2, -0.15) is 0 Å². The Bertz CT molecular complexity index is 738. The summed E-state index contributed by atoms with van der Waals surface area (Å²) in [5.74, 6) is 0. The Balaban J connectivity index is 2.26. The van der Waals surface area contributed by atoms with E-state index in [0.717, 1.165) is 5.69 Å². The molecule has 96 valence electrons. The predicted molar refractivity (Wildman–Crippen MR) is 82.8 cm³/mol. The van der Waals surface area contributed by atoms with Gasteiger partial charge in [-0.1, -0.05) is 24.3 Å². The zero-order valence-electron chi connectivity index (χ0n) is 11.5. The molecule has 0 unspecified atom stereocenters. The minimum atomic E-state index is 1.14. The van der Waals surface area contributed by atoms with Crippen LogP contribution in [0.25, 0.3) is 22.2 Å². The average Bonchev–Trinajstić information content (AvgIpc) is 2.76. The first kappa shape index (κ1) is 11.8. The normalized spacial score (nSPS) is 10.9. The Labute approximate surface area is 113 Å². The maximum atomic E-state index is 3.54. The third-order valence-electron chi connectivity index (χ3n) is 3.76. The van der Waals surface area contributed by atoms with Crippen molar-refractivity contribution in [1.82, 2.24) is 4.98 Å². The van der Waals surface area contributed by atoms with Gasteiger partial charge in [0.2, 0.25) is 0 Å². The quantitative estimate of drug-likeness (QED) is 0.689. The predicted octanol–water partition coefficient (Wildman–Crippen LogP) is 4.49. The first-order chi connectivity index (χ1) is 9.20. The largest absolute Gasteiger partial charge is 0.388 e. The molecule has 0 saturated carbocycles. The van der Waals surface area contributed by atoms with E-state index >= 15 is 0 Å². The molecular weight excluding hydrogens is 232 g/mol. The van der Waals surface area contributed by atoms with Gasteiger partial charge in [0.15, 0.2) is 0 Å². The highest BCUT2D eigenvalue weighted by Crippen LogP contribution is 2.32. The van der Waals surface area contributed by atoms with Crippen molar-refractivity contribution < 1.29 is 0 Å². The summed E-state index contributed by atoms with van der Waals surface area (Å²) in [5.41, 5.74) is 7.44. The van der Waals surface area contributed by atoms with E-state index in [2.05, 4.69) is 66.6 Å². The summed E-state index contributed by atoms with van der Waals surface area (Å²) in [6, 6.07) is 14.9. The fourth-order valence-electron chi connectivity index (χ4n) is 2.60. The fraction of sp³-hybridized carbons (Fsp3) is 0.176. The van der Waals surface area contributed by atoms with Gasteiger partial charge in [-0.3, -0.25) is 0 Å². The van der Waals surface area contributed by atoms with Crippen LogP contribution >= 0.6 is 0 Å². The molecule has 0 aliphatic heterocycles. The molecule has 2 aromatic carbocycles. The summed E-state index contributed by atoms with van der Waals surface area (Å²) >= 11 is 0. The maximum absolute atomic E-state index is 3.54. The van der Waals surface area contributed by atoms with E-state index in [-0.39, 0.29) is 0 Å². The Morgan fingerprint density at radius 2 is 1.79 bits per heavy atom. The number of aromatic nitrogens is 1.